The van der Waals surface area contributed by atoms with Gasteiger partial charge >= 0.3 is 11.2 Å². The molecule has 80 valence electrons. The van der Waals surface area contributed by atoms with Gasteiger partial charge in [0.25, 0.3) is 0 Å². The summed E-state index contributed by atoms with van der Waals surface area (Å²) in [5.74, 6) is 0. The topological polar surface area (TPSA) is 76.0 Å². The molecule has 5 nitrogen and oxygen atoms in total. The van der Waals surface area contributed by atoms with Gasteiger partial charge in [-0.2, -0.15) is 0 Å². The van der Waals surface area contributed by atoms with E-state index in [4.69, 9.17) is 0 Å². The van der Waals surface area contributed by atoms with E-state index in [0.717, 1.165) is 0 Å². The Morgan fingerprint density at radius 2 is 2.33 bits per heavy atom. The Bertz CT molecular complexity index is 465. The molecule has 0 bridgehead atoms. The van der Waals surface area contributed by atoms with E-state index in [2.05, 4.69) is 20.9 Å². The molecule has 0 amide bonds. The summed E-state index contributed by atoms with van der Waals surface area (Å²) in [6, 6.07) is 0. The molecule has 1 N–H and O–H groups in total. The molecule has 0 aliphatic carbocycles. The van der Waals surface area contributed by atoms with Gasteiger partial charge in [0.1, 0.15) is 0 Å². The Hall–Kier alpha value is -1.43. The van der Waals surface area contributed by atoms with Gasteiger partial charge in [0, 0.05) is 22.7 Å². The summed E-state index contributed by atoms with van der Waals surface area (Å²) >= 11 is 3.20. The van der Waals surface area contributed by atoms with E-state index in [1.54, 1.807) is 19.1 Å². The number of H-pyrrole nitrogens is 1. The fraction of sp³-hybridized carbons (Fsp3) is 0.222. The summed E-state index contributed by atoms with van der Waals surface area (Å²) in [7, 11) is 0. The number of nitrogens with one attached hydrogen (secondary N) is 1. The second-order valence-corrected chi connectivity index (χ2v) is 3.51. The van der Waals surface area contributed by atoms with Crippen LogP contribution < -0.4 is 5.56 Å². The van der Waals surface area contributed by atoms with E-state index in [-0.39, 0.29) is 0 Å². The maximum absolute atomic E-state index is 11.2. The Kier molecular flexibility index (Phi) is 3.79. The number of hydrogen-bond donors (Lipinski definition) is 1. The fourth-order valence-corrected chi connectivity index (χ4v) is 1.38. The van der Waals surface area contributed by atoms with Crippen LogP contribution in [0, 0.1) is 17.0 Å². The monoisotopic (exact) mass is 272 g/mol. The number of nitrogens with zero attached hydrogens (tertiary/aromatic N) is 1. The molecule has 0 spiro atoms. The van der Waals surface area contributed by atoms with Crippen molar-refractivity contribution in [1.29, 1.82) is 0 Å². The average molecular weight is 273 g/mol. The van der Waals surface area contributed by atoms with Crippen LogP contribution in [0.25, 0.3) is 6.08 Å². The van der Waals surface area contributed by atoms with Crippen molar-refractivity contribution in [3.63, 3.8) is 0 Å². The third-order valence-electron chi connectivity index (χ3n) is 1.93. The number of pyridine rings is 1. The lowest BCUT2D eigenvalue weighted by molar-refractivity contribution is -0.386. The van der Waals surface area contributed by atoms with Crippen molar-refractivity contribution in [3.05, 3.63) is 43.9 Å². The first-order valence-electron chi connectivity index (χ1n) is 4.17. The molecule has 0 radical (unpaired) electrons. The number of nitro groups is 1. The first-order valence-corrected chi connectivity index (χ1v) is 5.29. The molecule has 15 heavy (non-hydrogen) atoms. The highest BCUT2D eigenvalue weighted by Gasteiger charge is 2.17. The second kappa shape index (κ2) is 4.88. The molecule has 6 heteroatoms. The van der Waals surface area contributed by atoms with Gasteiger partial charge in [0.2, 0.25) is 0 Å². The van der Waals surface area contributed by atoms with Crippen molar-refractivity contribution in [1.82, 2.24) is 4.98 Å². The zero-order valence-corrected chi connectivity index (χ0v) is 9.58. The molecular formula is C9H9BrN2O3. The molecule has 0 aliphatic heterocycles. The van der Waals surface area contributed by atoms with Crippen LogP contribution in [0.15, 0.2) is 17.1 Å². The van der Waals surface area contributed by atoms with Gasteiger partial charge in [-0.1, -0.05) is 28.1 Å². The second-order valence-electron chi connectivity index (χ2n) is 2.86. The summed E-state index contributed by atoms with van der Waals surface area (Å²) in [5, 5.41) is 11.3. The summed E-state index contributed by atoms with van der Waals surface area (Å²) in [4.78, 5) is 23.5. The molecule has 1 heterocycles. The maximum atomic E-state index is 11.2. The maximum Gasteiger partial charge on any atom is 0.337 e. The zero-order chi connectivity index (χ0) is 11.4. The summed E-state index contributed by atoms with van der Waals surface area (Å²) in [6.45, 7) is 1.56. The van der Waals surface area contributed by atoms with Gasteiger partial charge in [0.05, 0.1) is 4.92 Å². The number of halogens is 1. The van der Waals surface area contributed by atoms with Crippen LogP contribution in [-0.2, 0) is 0 Å². The van der Waals surface area contributed by atoms with Crippen LogP contribution in [0.2, 0.25) is 0 Å². The van der Waals surface area contributed by atoms with E-state index in [9.17, 15) is 14.9 Å². The Morgan fingerprint density at radius 1 is 1.67 bits per heavy atom. The number of aromatic amines is 1. The smallest absolute Gasteiger partial charge is 0.323 e. The standard InChI is InChI=1S/C9H9BrN2O3/c1-6-7(3-2-4-10)5-11-9(13)8(6)12(14)15/h2-3,5H,4H2,1H3,(H,11,13). The van der Waals surface area contributed by atoms with E-state index in [0.29, 0.717) is 16.5 Å². The normalized spacial score (nSPS) is 10.8. The van der Waals surface area contributed by atoms with E-state index < -0.39 is 16.2 Å². The van der Waals surface area contributed by atoms with Gasteiger partial charge in [0.15, 0.2) is 0 Å². The quantitative estimate of drug-likeness (QED) is 0.520. The molecule has 0 unspecified atom stereocenters. The highest BCUT2D eigenvalue weighted by atomic mass is 79.9. The Balaban J connectivity index is 3.35. The minimum atomic E-state index is -0.673. The molecule has 0 saturated heterocycles. The predicted octanol–water partition coefficient (Wildman–Crippen LogP) is 2.00. The van der Waals surface area contributed by atoms with E-state index in [1.165, 1.54) is 6.20 Å². The van der Waals surface area contributed by atoms with Crippen molar-refractivity contribution in [2.75, 3.05) is 5.33 Å². The molecule has 0 aliphatic rings. The minimum Gasteiger partial charge on any atom is -0.323 e. The van der Waals surface area contributed by atoms with Crippen LogP contribution in [0.3, 0.4) is 0 Å². The van der Waals surface area contributed by atoms with E-state index in [1.807, 2.05) is 0 Å². The molecule has 1 rings (SSSR count). The Morgan fingerprint density at radius 3 is 2.87 bits per heavy atom. The van der Waals surface area contributed by atoms with Crippen LogP contribution in [-0.4, -0.2) is 15.2 Å². The molecule has 0 atom stereocenters. The molecule has 0 saturated carbocycles. The molecule has 0 fully saturated rings. The lowest BCUT2D eigenvalue weighted by Crippen LogP contribution is -2.13. The summed E-state index contributed by atoms with van der Waals surface area (Å²) < 4.78 is 0. The number of rotatable bonds is 3. The van der Waals surface area contributed by atoms with Crippen LogP contribution in [0.1, 0.15) is 11.1 Å². The van der Waals surface area contributed by atoms with Crippen molar-refractivity contribution in [2.45, 2.75) is 6.92 Å². The van der Waals surface area contributed by atoms with Gasteiger partial charge < -0.3 is 4.98 Å². The van der Waals surface area contributed by atoms with Gasteiger partial charge in [-0.25, -0.2) is 0 Å². The largest absolute Gasteiger partial charge is 0.337 e. The predicted molar refractivity (Wildman–Crippen MR) is 61.3 cm³/mol. The first-order chi connectivity index (χ1) is 7.07. The van der Waals surface area contributed by atoms with E-state index >= 15 is 0 Å². The Labute approximate surface area is 94.1 Å². The van der Waals surface area contributed by atoms with Crippen LogP contribution >= 0.6 is 15.9 Å². The third-order valence-corrected chi connectivity index (χ3v) is 2.30. The lowest BCUT2D eigenvalue weighted by atomic mass is 10.1. The summed E-state index contributed by atoms with van der Waals surface area (Å²) in [6.07, 6.45) is 4.97. The van der Waals surface area contributed by atoms with Crippen molar-refractivity contribution >= 4 is 27.7 Å². The zero-order valence-electron chi connectivity index (χ0n) is 7.99. The van der Waals surface area contributed by atoms with Crippen LogP contribution in [0.5, 0.6) is 0 Å². The SMILES string of the molecule is Cc1c(C=CCBr)c[nH]c(=O)c1[N+](=O)[O-]. The lowest BCUT2D eigenvalue weighted by Gasteiger charge is -1.99. The first kappa shape index (κ1) is 11.6. The number of alkyl halides is 1. The number of aromatic nitrogens is 1. The number of hydrogen-bond acceptors (Lipinski definition) is 3. The van der Waals surface area contributed by atoms with Crippen molar-refractivity contribution in [3.8, 4) is 0 Å². The van der Waals surface area contributed by atoms with Gasteiger partial charge in [-0.05, 0) is 6.92 Å². The highest BCUT2D eigenvalue weighted by Crippen LogP contribution is 2.16. The molecule has 0 aromatic carbocycles. The van der Waals surface area contributed by atoms with Crippen molar-refractivity contribution in [2.24, 2.45) is 0 Å². The molecule has 1 aromatic heterocycles. The highest BCUT2D eigenvalue weighted by molar-refractivity contribution is 9.09. The van der Waals surface area contributed by atoms with Gasteiger partial charge in [-0.15, -0.1) is 0 Å². The minimum absolute atomic E-state index is 0.376. The average Bonchev–Trinajstić information content (AvgIpc) is 2.16. The van der Waals surface area contributed by atoms with Gasteiger partial charge in [-0.3, -0.25) is 14.9 Å². The molecular weight excluding hydrogens is 264 g/mol. The fourth-order valence-electron chi connectivity index (χ4n) is 1.19. The molecule has 1 aromatic rings. The van der Waals surface area contributed by atoms with Crippen LogP contribution in [0.4, 0.5) is 5.69 Å². The third kappa shape index (κ3) is 2.53. The number of allylic oxidation sites excluding steroid dienone is 1. The van der Waals surface area contributed by atoms with Crippen molar-refractivity contribution < 1.29 is 4.92 Å². The summed E-state index contributed by atoms with van der Waals surface area (Å²) in [5.41, 5.74) is -0.0538.